The van der Waals surface area contributed by atoms with E-state index in [1.165, 1.54) is 15.9 Å². The predicted molar refractivity (Wildman–Crippen MR) is 134 cm³/mol. The average molecular weight is 526 g/mol. The normalized spacial score (nSPS) is 18.5. The molecule has 0 bridgehead atoms. The van der Waals surface area contributed by atoms with Crippen molar-refractivity contribution < 1.29 is 34.0 Å². The molecular formula is C25H33Cl2N3O5+2. The van der Waals surface area contributed by atoms with Crippen molar-refractivity contribution in [1.29, 1.82) is 0 Å². The van der Waals surface area contributed by atoms with E-state index >= 15 is 0 Å². The summed E-state index contributed by atoms with van der Waals surface area (Å²) in [7, 11) is 2.18. The van der Waals surface area contributed by atoms with Gasteiger partial charge in [-0.3, -0.25) is 4.79 Å². The molecule has 0 aliphatic carbocycles. The third-order valence-electron chi connectivity index (χ3n) is 6.07. The summed E-state index contributed by atoms with van der Waals surface area (Å²) < 4.78 is 10.9. The zero-order valence-corrected chi connectivity index (χ0v) is 21.5. The first-order valence-electron chi connectivity index (χ1n) is 11.8. The standard InChI is InChI=1S/C25H31Cl2N3O5/c1-3-34-25(33)20(15-17-7-5-4-6-8-17)28-24(32)18-16-19(26)23(21(27)22(18)31)35-14-13-30-11-9-29(2)10-12-30/h4-8,16,20,31H,3,9-15H2,1-2H3,(H,28,32)/p+2/t20-/m0/s1. The van der Waals surface area contributed by atoms with Crippen LogP contribution in [0.1, 0.15) is 22.8 Å². The Morgan fingerprint density at radius 2 is 1.83 bits per heavy atom. The third-order valence-corrected chi connectivity index (χ3v) is 6.70. The number of hydrogen-bond donors (Lipinski definition) is 4. The van der Waals surface area contributed by atoms with Gasteiger partial charge in [0, 0.05) is 6.42 Å². The molecule has 1 saturated heterocycles. The van der Waals surface area contributed by atoms with E-state index in [0.717, 1.165) is 38.3 Å². The lowest BCUT2D eigenvalue weighted by atomic mass is 10.1. The summed E-state index contributed by atoms with van der Waals surface area (Å²) in [5, 5.41) is 13.2. The highest BCUT2D eigenvalue weighted by atomic mass is 35.5. The number of quaternary nitrogens is 2. The topological polar surface area (TPSA) is 93.7 Å². The first-order chi connectivity index (χ1) is 16.8. The molecule has 1 amide bonds. The molecular weight excluding hydrogens is 493 g/mol. The highest BCUT2D eigenvalue weighted by Gasteiger charge is 2.27. The van der Waals surface area contributed by atoms with Gasteiger partial charge >= 0.3 is 5.97 Å². The second-order valence-electron chi connectivity index (χ2n) is 8.67. The largest absolute Gasteiger partial charge is 0.505 e. The minimum Gasteiger partial charge on any atom is -0.505 e. The molecule has 0 unspecified atom stereocenters. The van der Waals surface area contributed by atoms with Gasteiger partial charge in [0.2, 0.25) is 0 Å². The molecule has 2 aromatic rings. The Morgan fingerprint density at radius 1 is 1.14 bits per heavy atom. The molecule has 2 aromatic carbocycles. The molecule has 1 atom stereocenters. The maximum atomic E-state index is 13.0. The zero-order valence-electron chi connectivity index (χ0n) is 20.0. The first-order valence-corrected chi connectivity index (χ1v) is 12.6. The van der Waals surface area contributed by atoms with Crippen LogP contribution in [0.25, 0.3) is 0 Å². The van der Waals surface area contributed by atoms with Crippen molar-refractivity contribution in [1.82, 2.24) is 5.32 Å². The van der Waals surface area contributed by atoms with Crippen LogP contribution in [0, 0.1) is 0 Å². The van der Waals surface area contributed by atoms with Gasteiger partial charge in [-0.15, -0.1) is 0 Å². The number of benzene rings is 2. The lowest BCUT2D eigenvalue weighted by Crippen LogP contribution is -3.27. The number of amides is 1. The monoisotopic (exact) mass is 525 g/mol. The molecule has 1 heterocycles. The number of rotatable bonds is 10. The van der Waals surface area contributed by atoms with E-state index in [1.54, 1.807) is 6.92 Å². The molecule has 1 fully saturated rings. The fourth-order valence-corrected chi connectivity index (χ4v) is 4.56. The van der Waals surface area contributed by atoms with Crippen LogP contribution in [0.3, 0.4) is 0 Å². The first kappa shape index (κ1) is 27.1. The molecule has 35 heavy (non-hydrogen) atoms. The Kier molecular flexibility index (Phi) is 10.0. The van der Waals surface area contributed by atoms with E-state index in [-0.39, 0.29) is 34.4 Å². The molecule has 190 valence electrons. The maximum absolute atomic E-state index is 13.0. The fraction of sp³-hybridized carbons (Fsp3) is 0.440. The second kappa shape index (κ2) is 13.0. The van der Waals surface area contributed by atoms with E-state index in [0.29, 0.717) is 6.61 Å². The number of ether oxygens (including phenoxy) is 2. The number of likely N-dealkylation sites (N-methyl/N-ethyl adjacent to an activating group) is 1. The van der Waals surface area contributed by atoms with E-state index in [2.05, 4.69) is 12.4 Å². The molecule has 0 spiro atoms. The number of carbonyl (C=O) groups is 2. The maximum Gasteiger partial charge on any atom is 0.328 e. The summed E-state index contributed by atoms with van der Waals surface area (Å²) in [6.07, 6.45) is 0.227. The number of carbonyl (C=O) groups excluding carboxylic acids is 2. The van der Waals surface area contributed by atoms with Crippen LogP contribution < -0.4 is 19.9 Å². The van der Waals surface area contributed by atoms with E-state index in [9.17, 15) is 14.7 Å². The summed E-state index contributed by atoms with van der Waals surface area (Å²) in [5.41, 5.74) is 0.696. The van der Waals surface area contributed by atoms with Crippen LogP contribution >= 0.6 is 23.2 Å². The van der Waals surface area contributed by atoms with E-state index in [4.69, 9.17) is 32.7 Å². The molecule has 4 N–H and O–H groups in total. The zero-order chi connectivity index (χ0) is 25.4. The lowest BCUT2D eigenvalue weighted by molar-refractivity contribution is -1.00. The van der Waals surface area contributed by atoms with Crippen LogP contribution in [0.5, 0.6) is 11.5 Å². The summed E-state index contributed by atoms with van der Waals surface area (Å²) in [6.45, 7) is 7.36. The van der Waals surface area contributed by atoms with Crippen molar-refractivity contribution in [3.8, 4) is 11.5 Å². The Morgan fingerprint density at radius 3 is 2.49 bits per heavy atom. The molecule has 1 aliphatic heterocycles. The molecule has 3 rings (SSSR count). The molecule has 0 saturated carbocycles. The Labute approximate surface area is 215 Å². The SMILES string of the molecule is CCOC(=O)[C@H](Cc1ccccc1)NC(=O)c1cc(Cl)c(OCC[NH+]2CC[NH+](C)CC2)c(Cl)c1O. The Hall–Kier alpha value is -2.52. The van der Waals surface area contributed by atoms with Gasteiger partial charge in [0.05, 0.1) is 24.2 Å². The molecule has 10 heteroatoms. The number of nitrogens with one attached hydrogen (secondary N) is 3. The van der Waals surface area contributed by atoms with Gasteiger partial charge in [-0.1, -0.05) is 53.5 Å². The number of phenols is 1. The number of esters is 1. The van der Waals surface area contributed by atoms with Crippen LogP contribution in [-0.2, 0) is 16.0 Å². The van der Waals surface area contributed by atoms with Gasteiger partial charge in [-0.05, 0) is 18.6 Å². The summed E-state index contributed by atoms with van der Waals surface area (Å²) in [5.74, 6) is -1.60. The predicted octanol–water partition coefficient (Wildman–Crippen LogP) is 0.395. The van der Waals surface area contributed by atoms with E-state index in [1.807, 2.05) is 30.3 Å². The van der Waals surface area contributed by atoms with Crippen molar-refractivity contribution in [2.45, 2.75) is 19.4 Å². The highest BCUT2D eigenvalue weighted by Crippen LogP contribution is 2.41. The molecule has 0 radical (unpaired) electrons. The quantitative estimate of drug-likeness (QED) is 0.337. The number of halogens is 2. The van der Waals surface area contributed by atoms with Crippen molar-refractivity contribution in [2.24, 2.45) is 0 Å². The fourth-order valence-electron chi connectivity index (χ4n) is 4.00. The molecule has 1 aliphatic rings. The van der Waals surface area contributed by atoms with Gasteiger partial charge < -0.3 is 29.7 Å². The average Bonchev–Trinajstić information content (AvgIpc) is 2.85. The lowest BCUT2D eigenvalue weighted by Gasteiger charge is -2.27. The van der Waals surface area contributed by atoms with Crippen molar-refractivity contribution >= 4 is 35.1 Å². The van der Waals surface area contributed by atoms with Crippen LogP contribution in [0.2, 0.25) is 10.0 Å². The number of phenolic OH excluding ortho intramolecular Hbond substituents is 1. The second-order valence-corrected chi connectivity index (χ2v) is 9.46. The van der Waals surface area contributed by atoms with E-state index < -0.39 is 23.7 Å². The van der Waals surface area contributed by atoms with Gasteiger partial charge in [0.15, 0.2) is 11.5 Å². The van der Waals surface area contributed by atoms with Crippen molar-refractivity contribution in [2.75, 3.05) is 53.0 Å². The summed E-state index contributed by atoms with van der Waals surface area (Å²) >= 11 is 12.7. The van der Waals surface area contributed by atoms with Gasteiger partial charge in [0.25, 0.3) is 5.91 Å². The molecule has 8 nitrogen and oxygen atoms in total. The number of piperazine rings is 1. The van der Waals surface area contributed by atoms with Gasteiger partial charge in [-0.2, -0.15) is 0 Å². The van der Waals surface area contributed by atoms with Gasteiger partial charge in [-0.25, -0.2) is 4.79 Å². The Bertz CT molecular complexity index is 1010. The smallest absolute Gasteiger partial charge is 0.328 e. The third kappa shape index (κ3) is 7.48. The Balaban J connectivity index is 1.69. The number of aromatic hydroxyl groups is 1. The highest BCUT2D eigenvalue weighted by molar-refractivity contribution is 6.39. The minimum atomic E-state index is -0.953. The van der Waals surface area contributed by atoms with Crippen molar-refractivity contribution in [3.05, 3.63) is 57.6 Å². The minimum absolute atomic E-state index is 0.103. The summed E-state index contributed by atoms with van der Waals surface area (Å²) in [6, 6.07) is 9.59. The van der Waals surface area contributed by atoms with Crippen LogP contribution in [0.15, 0.2) is 36.4 Å². The van der Waals surface area contributed by atoms with Crippen molar-refractivity contribution in [3.63, 3.8) is 0 Å². The number of hydrogen-bond acceptors (Lipinski definition) is 5. The van der Waals surface area contributed by atoms with Crippen LogP contribution in [-0.4, -0.2) is 76.0 Å². The van der Waals surface area contributed by atoms with Crippen LogP contribution in [0.4, 0.5) is 0 Å². The summed E-state index contributed by atoms with van der Waals surface area (Å²) in [4.78, 5) is 28.4. The molecule has 0 aromatic heterocycles. The van der Waals surface area contributed by atoms with Gasteiger partial charge in [0.1, 0.15) is 50.4 Å².